The zero-order valence-electron chi connectivity index (χ0n) is 9.85. The van der Waals surface area contributed by atoms with Gasteiger partial charge in [-0.2, -0.15) is 0 Å². The molecule has 0 saturated carbocycles. The maximum absolute atomic E-state index is 11.0. The van der Waals surface area contributed by atoms with Crippen molar-refractivity contribution < 1.29 is 9.21 Å². The molecule has 0 atom stereocenters. The van der Waals surface area contributed by atoms with E-state index in [1.165, 1.54) is 0 Å². The Morgan fingerprint density at radius 2 is 2.24 bits per heavy atom. The third-order valence-electron chi connectivity index (χ3n) is 2.95. The lowest BCUT2D eigenvalue weighted by atomic mass is 9.97. The number of aromatic nitrogens is 2. The van der Waals surface area contributed by atoms with Gasteiger partial charge in [0.2, 0.25) is 11.8 Å². The van der Waals surface area contributed by atoms with Gasteiger partial charge in [0, 0.05) is 19.0 Å². The summed E-state index contributed by atoms with van der Waals surface area (Å²) in [6, 6.07) is 0.526. The largest absolute Gasteiger partial charge is 0.407 e. The van der Waals surface area contributed by atoms with Crippen molar-refractivity contribution in [2.24, 2.45) is 11.7 Å². The molecule has 2 rings (SSSR count). The SMILES string of the molecule is CNCc1nnc(N2CCC(C(N)=O)CC2)o1. The van der Waals surface area contributed by atoms with Crippen molar-refractivity contribution in [2.45, 2.75) is 19.4 Å². The van der Waals surface area contributed by atoms with Gasteiger partial charge in [-0.3, -0.25) is 4.79 Å². The highest BCUT2D eigenvalue weighted by molar-refractivity contribution is 5.76. The normalized spacial score (nSPS) is 17.4. The monoisotopic (exact) mass is 239 g/mol. The van der Waals surface area contributed by atoms with Gasteiger partial charge in [-0.1, -0.05) is 5.10 Å². The van der Waals surface area contributed by atoms with Gasteiger partial charge in [0.05, 0.1) is 6.54 Å². The summed E-state index contributed by atoms with van der Waals surface area (Å²) in [7, 11) is 1.82. The number of primary amides is 1. The number of rotatable bonds is 4. The van der Waals surface area contributed by atoms with E-state index in [1.807, 2.05) is 11.9 Å². The highest BCUT2D eigenvalue weighted by atomic mass is 16.4. The predicted molar refractivity (Wildman–Crippen MR) is 61.2 cm³/mol. The molecule has 7 nitrogen and oxygen atoms in total. The molecule has 1 amide bonds. The number of hydrogen-bond donors (Lipinski definition) is 2. The molecule has 0 aliphatic carbocycles. The van der Waals surface area contributed by atoms with Crippen molar-refractivity contribution in [3.05, 3.63) is 5.89 Å². The van der Waals surface area contributed by atoms with Crippen molar-refractivity contribution in [3.63, 3.8) is 0 Å². The van der Waals surface area contributed by atoms with Crippen molar-refractivity contribution in [3.8, 4) is 0 Å². The lowest BCUT2D eigenvalue weighted by Gasteiger charge is -2.28. The second-order valence-electron chi connectivity index (χ2n) is 4.17. The van der Waals surface area contributed by atoms with E-state index in [2.05, 4.69) is 15.5 Å². The number of nitrogens with one attached hydrogen (secondary N) is 1. The van der Waals surface area contributed by atoms with Crippen molar-refractivity contribution in [1.82, 2.24) is 15.5 Å². The van der Waals surface area contributed by atoms with Crippen molar-refractivity contribution in [1.29, 1.82) is 0 Å². The van der Waals surface area contributed by atoms with Crippen LogP contribution in [0.2, 0.25) is 0 Å². The Labute approximate surface area is 99.4 Å². The minimum absolute atomic E-state index is 0.0223. The quantitative estimate of drug-likeness (QED) is 0.734. The number of hydrogen-bond acceptors (Lipinski definition) is 6. The second kappa shape index (κ2) is 5.13. The number of carbonyl (C=O) groups is 1. The summed E-state index contributed by atoms with van der Waals surface area (Å²) in [6.45, 7) is 2.02. The maximum Gasteiger partial charge on any atom is 0.318 e. The summed E-state index contributed by atoms with van der Waals surface area (Å²) in [5.74, 6) is 0.330. The van der Waals surface area contributed by atoms with Crippen LogP contribution >= 0.6 is 0 Å². The molecule has 0 radical (unpaired) electrons. The molecule has 17 heavy (non-hydrogen) atoms. The van der Waals surface area contributed by atoms with Crippen LogP contribution in [0.5, 0.6) is 0 Å². The van der Waals surface area contributed by atoms with Gasteiger partial charge in [-0.05, 0) is 19.9 Å². The van der Waals surface area contributed by atoms with E-state index in [4.69, 9.17) is 10.2 Å². The molecule has 0 aromatic carbocycles. The molecule has 2 heterocycles. The molecule has 94 valence electrons. The van der Waals surface area contributed by atoms with Crippen molar-refractivity contribution in [2.75, 3.05) is 25.0 Å². The number of nitrogens with two attached hydrogens (primary N) is 1. The van der Waals surface area contributed by atoms with Crippen LogP contribution in [0.1, 0.15) is 18.7 Å². The Hall–Kier alpha value is -1.63. The smallest absolute Gasteiger partial charge is 0.318 e. The zero-order valence-corrected chi connectivity index (χ0v) is 9.85. The first kappa shape index (κ1) is 11.8. The average Bonchev–Trinajstić information content (AvgIpc) is 2.78. The van der Waals surface area contributed by atoms with Gasteiger partial charge in [0.25, 0.3) is 0 Å². The van der Waals surface area contributed by atoms with Gasteiger partial charge in [0.1, 0.15) is 0 Å². The Kier molecular flexibility index (Phi) is 3.58. The van der Waals surface area contributed by atoms with E-state index < -0.39 is 0 Å². The third kappa shape index (κ3) is 2.73. The zero-order chi connectivity index (χ0) is 12.3. The van der Waals surface area contributed by atoms with E-state index in [9.17, 15) is 4.79 Å². The minimum Gasteiger partial charge on any atom is -0.407 e. The van der Waals surface area contributed by atoms with Gasteiger partial charge in [-0.25, -0.2) is 0 Å². The number of anilines is 1. The summed E-state index contributed by atoms with van der Waals surface area (Å²) >= 11 is 0. The molecule has 0 spiro atoms. The first-order chi connectivity index (χ1) is 8.20. The van der Waals surface area contributed by atoms with Gasteiger partial charge < -0.3 is 20.4 Å². The molecule has 1 aromatic heterocycles. The summed E-state index contributed by atoms with van der Waals surface area (Å²) in [6.07, 6.45) is 1.50. The van der Waals surface area contributed by atoms with E-state index in [0.717, 1.165) is 25.9 Å². The van der Waals surface area contributed by atoms with E-state index in [-0.39, 0.29) is 11.8 Å². The Morgan fingerprint density at radius 1 is 1.53 bits per heavy atom. The number of nitrogens with zero attached hydrogens (tertiary/aromatic N) is 3. The highest BCUT2D eigenvalue weighted by Gasteiger charge is 2.25. The average molecular weight is 239 g/mol. The topological polar surface area (TPSA) is 97.3 Å². The summed E-state index contributed by atoms with van der Waals surface area (Å²) < 4.78 is 5.48. The van der Waals surface area contributed by atoms with Crippen LogP contribution in [-0.4, -0.2) is 36.2 Å². The number of piperidine rings is 1. The van der Waals surface area contributed by atoms with Crippen LogP contribution in [0.3, 0.4) is 0 Å². The van der Waals surface area contributed by atoms with Crippen LogP contribution in [0.25, 0.3) is 0 Å². The molecule has 1 aliphatic heterocycles. The summed E-state index contributed by atoms with van der Waals surface area (Å²) in [5, 5.41) is 10.9. The highest BCUT2D eigenvalue weighted by Crippen LogP contribution is 2.21. The minimum atomic E-state index is -0.217. The number of carbonyl (C=O) groups excluding carboxylic acids is 1. The first-order valence-corrected chi connectivity index (χ1v) is 5.72. The molecule has 1 saturated heterocycles. The van der Waals surface area contributed by atoms with E-state index in [1.54, 1.807) is 0 Å². The number of amides is 1. The predicted octanol–water partition coefficient (Wildman–Crippen LogP) is -0.509. The molecule has 7 heteroatoms. The van der Waals surface area contributed by atoms with Crippen LogP contribution < -0.4 is 16.0 Å². The van der Waals surface area contributed by atoms with Gasteiger partial charge in [-0.15, -0.1) is 5.10 Å². The molecule has 1 aliphatic rings. The Balaban J connectivity index is 1.93. The molecule has 0 bridgehead atoms. The van der Waals surface area contributed by atoms with Crippen LogP contribution in [0.4, 0.5) is 6.01 Å². The van der Waals surface area contributed by atoms with Crippen molar-refractivity contribution >= 4 is 11.9 Å². The van der Waals surface area contributed by atoms with Gasteiger partial charge >= 0.3 is 6.01 Å². The van der Waals surface area contributed by atoms with Gasteiger partial charge in [0.15, 0.2) is 0 Å². The lowest BCUT2D eigenvalue weighted by molar-refractivity contribution is -0.122. The first-order valence-electron chi connectivity index (χ1n) is 5.72. The molecule has 1 fully saturated rings. The standard InChI is InChI=1S/C10H17N5O2/c1-12-6-8-13-14-10(17-8)15-4-2-7(3-5-15)9(11)16/h7,12H,2-6H2,1H3,(H2,11,16). The fraction of sp³-hybridized carbons (Fsp3) is 0.700. The summed E-state index contributed by atoms with van der Waals surface area (Å²) in [4.78, 5) is 13.0. The molecule has 3 N–H and O–H groups in total. The van der Waals surface area contributed by atoms with Crippen LogP contribution in [0.15, 0.2) is 4.42 Å². The molecular formula is C10H17N5O2. The maximum atomic E-state index is 11.0. The van der Waals surface area contributed by atoms with E-state index in [0.29, 0.717) is 18.5 Å². The molecule has 1 aromatic rings. The molecule has 0 unspecified atom stereocenters. The Bertz CT molecular complexity index is 384. The Morgan fingerprint density at radius 3 is 2.82 bits per heavy atom. The second-order valence-corrected chi connectivity index (χ2v) is 4.17. The molecular weight excluding hydrogens is 222 g/mol. The fourth-order valence-corrected chi connectivity index (χ4v) is 1.95. The van der Waals surface area contributed by atoms with E-state index >= 15 is 0 Å². The lowest BCUT2D eigenvalue weighted by Crippen LogP contribution is -2.38. The third-order valence-corrected chi connectivity index (χ3v) is 2.95. The van der Waals surface area contributed by atoms with Crippen LogP contribution in [-0.2, 0) is 11.3 Å². The summed E-state index contributed by atoms with van der Waals surface area (Å²) in [5.41, 5.74) is 5.28. The fourth-order valence-electron chi connectivity index (χ4n) is 1.95. The van der Waals surface area contributed by atoms with Crippen LogP contribution in [0, 0.1) is 5.92 Å².